The maximum atomic E-state index is 4.93. The summed E-state index contributed by atoms with van der Waals surface area (Å²) in [6.45, 7) is 8.79. The molecule has 0 aliphatic carbocycles. The molecule has 0 aliphatic heterocycles. The van der Waals surface area contributed by atoms with E-state index in [0.717, 1.165) is 22.4 Å². The first-order chi connectivity index (χ1) is 26.6. The first kappa shape index (κ1) is 41.4. The molecule has 0 N–H and O–H groups in total. The number of hydrogen-bond acceptors (Lipinski definition) is 0. The Balaban J connectivity index is 0.000000182. The standard InChI is InChI=1S/2C24H21.C2H6Si.2ClH.Zr/c2*1-2-9-18-16-21-14-15-22(19-10-5-3-6-11-19)24(23(21)17-18)20-12-7-4-8-13-20;1-3-2;;;/h2*3-8,10-17H,2,9H2,1H3;1-2H3;2*1H;/q2*-1;;;;+4/p-2. The van der Waals surface area contributed by atoms with E-state index in [1.807, 2.05) is 0 Å². The first-order valence-electron chi connectivity index (χ1n) is 18.8. The van der Waals surface area contributed by atoms with E-state index in [9.17, 15) is 0 Å². The van der Waals surface area contributed by atoms with Crippen LogP contribution >= 0.6 is 17.0 Å². The Kier molecular flexibility index (Phi) is 16.8. The summed E-state index contributed by atoms with van der Waals surface area (Å²) >= 11 is -0.826. The van der Waals surface area contributed by atoms with Crippen LogP contribution in [0.25, 0.3) is 66.1 Å². The SMILES string of the molecule is CCCc1cc2c(-c3ccccc3)c(-c3ccccc3)ccc2[cH-]1.CCCc1cc2c(-c3ccccc3)c(-c3ccccc3)ccc2[cH-]1.C[Si]C.[Cl][Zr+2][Cl]. The average Bonchev–Trinajstić information content (AvgIpc) is 3.83. The predicted molar refractivity (Wildman–Crippen MR) is 238 cm³/mol. The van der Waals surface area contributed by atoms with Crippen molar-refractivity contribution in [2.45, 2.75) is 52.6 Å². The fourth-order valence-corrected chi connectivity index (χ4v) is 7.10. The molecular weight excluding hydrogens is 791 g/mol. The Hall–Kier alpha value is -3.78. The third-order valence-corrected chi connectivity index (χ3v) is 9.27. The monoisotopic (exact) mass is 836 g/mol. The van der Waals surface area contributed by atoms with Crippen molar-refractivity contribution in [3.8, 4) is 44.5 Å². The molecule has 0 fully saturated rings. The second-order valence-electron chi connectivity index (χ2n) is 13.2. The number of hydrogen-bond donors (Lipinski definition) is 0. The molecule has 270 valence electrons. The summed E-state index contributed by atoms with van der Waals surface area (Å²) in [5, 5.41) is 5.42. The second-order valence-corrected chi connectivity index (χ2v) is 18.0. The molecular formula is C50H48Cl2SiZr. The van der Waals surface area contributed by atoms with Crippen molar-refractivity contribution in [3.63, 3.8) is 0 Å². The number of fused-ring (bicyclic) bond motifs is 2. The van der Waals surface area contributed by atoms with Gasteiger partial charge in [-0.25, -0.2) is 0 Å². The summed E-state index contributed by atoms with van der Waals surface area (Å²) < 4.78 is 0. The van der Waals surface area contributed by atoms with Gasteiger partial charge >= 0.3 is 37.9 Å². The molecule has 8 aromatic carbocycles. The molecule has 0 bridgehead atoms. The van der Waals surface area contributed by atoms with E-state index in [4.69, 9.17) is 17.0 Å². The van der Waals surface area contributed by atoms with E-state index in [1.165, 1.54) is 90.0 Å². The molecule has 0 aliphatic rings. The Morgan fingerprint density at radius 1 is 0.463 bits per heavy atom. The average molecular weight is 839 g/mol. The van der Waals surface area contributed by atoms with Gasteiger partial charge in [-0.15, -0.1) is 56.9 Å². The minimum atomic E-state index is -0.826. The Morgan fingerprint density at radius 2 is 0.759 bits per heavy atom. The van der Waals surface area contributed by atoms with Crippen LogP contribution in [0.5, 0.6) is 0 Å². The summed E-state index contributed by atoms with van der Waals surface area (Å²) in [7, 11) is 11.0. The molecule has 0 atom stereocenters. The van der Waals surface area contributed by atoms with Gasteiger partial charge in [0, 0.05) is 9.52 Å². The van der Waals surface area contributed by atoms with Crippen molar-refractivity contribution < 1.29 is 20.8 Å². The fraction of sp³-hybridized carbons (Fsp3) is 0.160. The zero-order valence-corrected chi connectivity index (χ0v) is 36.7. The molecule has 2 radical (unpaired) electrons. The Morgan fingerprint density at radius 3 is 1.06 bits per heavy atom. The van der Waals surface area contributed by atoms with Gasteiger partial charge in [0.1, 0.15) is 0 Å². The van der Waals surface area contributed by atoms with Crippen LogP contribution < -0.4 is 0 Å². The van der Waals surface area contributed by atoms with E-state index in [0.29, 0.717) is 0 Å². The molecule has 54 heavy (non-hydrogen) atoms. The molecule has 4 heteroatoms. The predicted octanol–water partition coefficient (Wildman–Crippen LogP) is 15.9. The van der Waals surface area contributed by atoms with Crippen molar-refractivity contribution >= 4 is 48.1 Å². The van der Waals surface area contributed by atoms with Gasteiger partial charge in [0.05, 0.1) is 0 Å². The topological polar surface area (TPSA) is 0 Å². The van der Waals surface area contributed by atoms with Gasteiger partial charge in [-0.2, -0.15) is 12.1 Å². The van der Waals surface area contributed by atoms with Crippen LogP contribution in [0.2, 0.25) is 13.1 Å². The number of rotatable bonds is 8. The van der Waals surface area contributed by atoms with Crippen LogP contribution in [0.3, 0.4) is 0 Å². The van der Waals surface area contributed by atoms with Crippen LogP contribution in [-0.2, 0) is 33.7 Å². The van der Waals surface area contributed by atoms with Crippen molar-refractivity contribution in [2.75, 3.05) is 0 Å². The number of benzene rings is 6. The summed E-state index contributed by atoms with van der Waals surface area (Å²) in [4.78, 5) is 0. The number of aryl methyl sites for hydroxylation is 2. The van der Waals surface area contributed by atoms with Crippen LogP contribution in [0.15, 0.2) is 170 Å². The summed E-state index contributed by atoms with van der Waals surface area (Å²) in [5.74, 6) is 0. The quantitative estimate of drug-likeness (QED) is 0.106. The Bertz CT molecular complexity index is 2110. The molecule has 0 heterocycles. The van der Waals surface area contributed by atoms with Gasteiger partial charge in [0.2, 0.25) is 0 Å². The molecule has 8 aromatic rings. The molecule has 0 spiro atoms. The maximum absolute atomic E-state index is 4.93. The molecule has 0 aromatic heterocycles. The van der Waals surface area contributed by atoms with Gasteiger partial charge < -0.3 is 0 Å². The Labute approximate surface area is 344 Å². The van der Waals surface area contributed by atoms with Gasteiger partial charge in [-0.3, -0.25) is 0 Å². The zero-order valence-electron chi connectivity index (χ0n) is 31.8. The zero-order chi connectivity index (χ0) is 38.1. The summed E-state index contributed by atoms with van der Waals surface area (Å²) in [5.41, 5.74) is 13.3. The van der Waals surface area contributed by atoms with Crippen LogP contribution in [0, 0.1) is 0 Å². The molecule has 0 amide bonds. The van der Waals surface area contributed by atoms with Gasteiger partial charge in [0.25, 0.3) is 0 Å². The van der Waals surface area contributed by atoms with Gasteiger partial charge in [-0.05, 0) is 46.2 Å². The van der Waals surface area contributed by atoms with Crippen molar-refractivity contribution in [1.29, 1.82) is 0 Å². The fourth-order valence-electron chi connectivity index (χ4n) is 7.10. The molecule has 0 saturated carbocycles. The van der Waals surface area contributed by atoms with E-state index in [1.54, 1.807) is 0 Å². The van der Waals surface area contributed by atoms with Crippen molar-refractivity contribution in [3.05, 3.63) is 181 Å². The second kappa shape index (κ2) is 21.9. The van der Waals surface area contributed by atoms with Gasteiger partial charge in [0.15, 0.2) is 0 Å². The summed E-state index contributed by atoms with van der Waals surface area (Å²) in [6, 6.07) is 61.5. The molecule has 0 nitrogen and oxygen atoms in total. The van der Waals surface area contributed by atoms with Crippen LogP contribution in [-0.4, -0.2) is 9.52 Å². The van der Waals surface area contributed by atoms with E-state index in [-0.39, 0.29) is 0 Å². The third-order valence-electron chi connectivity index (χ3n) is 9.27. The normalized spacial score (nSPS) is 10.3. The van der Waals surface area contributed by atoms with E-state index >= 15 is 0 Å². The molecule has 0 saturated heterocycles. The van der Waals surface area contributed by atoms with Crippen molar-refractivity contribution in [1.82, 2.24) is 0 Å². The van der Waals surface area contributed by atoms with Crippen LogP contribution in [0.1, 0.15) is 37.8 Å². The van der Waals surface area contributed by atoms with Crippen LogP contribution in [0.4, 0.5) is 0 Å². The van der Waals surface area contributed by atoms with Crippen molar-refractivity contribution in [2.24, 2.45) is 0 Å². The van der Waals surface area contributed by atoms with E-state index in [2.05, 4.69) is 197 Å². The third kappa shape index (κ3) is 10.7. The minimum absolute atomic E-state index is 0.826. The van der Waals surface area contributed by atoms with E-state index < -0.39 is 20.8 Å². The van der Waals surface area contributed by atoms with Gasteiger partial charge in [-0.1, -0.05) is 184 Å². The summed E-state index contributed by atoms with van der Waals surface area (Å²) in [6.07, 6.45) is 4.65. The number of halogens is 2. The molecule has 0 unspecified atom stereocenters. The first-order valence-corrected chi connectivity index (χ1v) is 27.1. The molecule has 8 rings (SSSR count).